The molecule has 0 bridgehead atoms. The van der Waals surface area contributed by atoms with Crippen LogP contribution >= 0.6 is 11.3 Å². The molecule has 1 aliphatic carbocycles. The van der Waals surface area contributed by atoms with E-state index in [1.54, 1.807) is 6.92 Å². The molecule has 5 heteroatoms. The molecule has 0 saturated heterocycles. The Morgan fingerprint density at radius 3 is 2.64 bits per heavy atom. The van der Waals surface area contributed by atoms with Gasteiger partial charge in [-0.25, -0.2) is 4.79 Å². The van der Waals surface area contributed by atoms with Crippen LogP contribution in [0.4, 0.5) is 0 Å². The molecule has 2 aromatic rings. The van der Waals surface area contributed by atoms with Crippen LogP contribution in [-0.4, -0.2) is 24.0 Å². The van der Waals surface area contributed by atoms with Crippen LogP contribution in [0.15, 0.2) is 41.8 Å². The molecule has 114 valence electrons. The second-order valence-corrected chi connectivity index (χ2v) is 6.28. The van der Waals surface area contributed by atoms with Crippen molar-refractivity contribution in [1.29, 1.82) is 0 Å². The maximum Gasteiger partial charge on any atom is 0.349 e. The first-order valence-corrected chi connectivity index (χ1v) is 8.17. The van der Waals surface area contributed by atoms with Crippen molar-refractivity contribution in [2.24, 2.45) is 0 Å². The molecule has 0 radical (unpaired) electrons. The average Bonchev–Trinajstić information content (AvgIpc) is 3.19. The van der Waals surface area contributed by atoms with Crippen LogP contribution in [0, 0.1) is 0 Å². The maximum atomic E-state index is 12.3. The van der Waals surface area contributed by atoms with E-state index in [0.717, 1.165) is 24.0 Å². The lowest BCUT2D eigenvalue weighted by Crippen LogP contribution is -2.37. The second-order valence-electron chi connectivity index (χ2n) is 5.36. The Morgan fingerprint density at radius 2 is 1.95 bits per heavy atom. The van der Waals surface area contributed by atoms with E-state index in [2.05, 4.69) is 5.32 Å². The molecule has 1 atom stereocenters. The highest BCUT2D eigenvalue weighted by Gasteiger charge is 2.28. The summed E-state index contributed by atoms with van der Waals surface area (Å²) in [6.07, 6.45) is 1.24. The molecular weight excluding hydrogens is 298 g/mol. The predicted molar refractivity (Wildman–Crippen MR) is 85.8 cm³/mol. The number of thiophene rings is 1. The SMILES string of the molecule is C[C@@H](OC(=O)c1sccc1-c1ccccc1)C(=O)NC1CC1. The second kappa shape index (κ2) is 6.32. The van der Waals surface area contributed by atoms with E-state index >= 15 is 0 Å². The molecule has 1 aliphatic rings. The molecule has 1 aromatic carbocycles. The Hall–Kier alpha value is -2.14. The highest BCUT2D eigenvalue weighted by Crippen LogP contribution is 2.29. The van der Waals surface area contributed by atoms with Gasteiger partial charge >= 0.3 is 5.97 Å². The van der Waals surface area contributed by atoms with Crippen LogP contribution in [0.25, 0.3) is 11.1 Å². The minimum atomic E-state index is -0.779. The van der Waals surface area contributed by atoms with Crippen LogP contribution in [-0.2, 0) is 9.53 Å². The van der Waals surface area contributed by atoms with Gasteiger partial charge in [-0.15, -0.1) is 11.3 Å². The Morgan fingerprint density at radius 1 is 1.23 bits per heavy atom. The van der Waals surface area contributed by atoms with Crippen molar-refractivity contribution in [3.05, 3.63) is 46.7 Å². The summed E-state index contributed by atoms with van der Waals surface area (Å²) in [5.74, 6) is -0.680. The lowest BCUT2D eigenvalue weighted by molar-refractivity contribution is -0.129. The molecule has 0 spiro atoms. The van der Waals surface area contributed by atoms with Crippen molar-refractivity contribution >= 4 is 23.2 Å². The molecular formula is C17H17NO3S. The first-order valence-electron chi connectivity index (χ1n) is 7.29. The van der Waals surface area contributed by atoms with Crippen LogP contribution < -0.4 is 5.32 Å². The van der Waals surface area contributed by atoms with E-state index in [-0.39, 0.29) is 11.9 Å². The average molecular weight is 315 g/mol. The van der Waals surface area contributed by atoms with Crippen LogP contribution in [0.3, 0.4) is 0 Å². The van der Waals surface area contributed by atoms with Crippen molar-refractivity contribution in [3.63, 3.8) is 0 Å². The topological polar surface area (TPSA) is 55.4 Å². The normalized spacial score (nSPS) is 15.1. The van der Waals surface area contributed by atoms with Crippen molar-refractivity contribution < 1.29 is 14.3 Å². The van der Waals surface area contributed by atoms with Gasteiger partial charge in [0.05, 0.1) is 0 Å². The van der Waals surface area contributed by atoms with Gasteiger partial charge in [0.2, 0.25) is 0 Å². The van der Waals surface area contributed by atoms with Crippen molar-refractivity contribution in [1.82, 2.24) is 5.32 Å². The Balaban J connectivity index is 1.70. The first-order chi connectivity index (χ1) is 10.6. The maximum absolute atomic E-state index is 12.3. The van der Waals surface area contributed by atoms with Crippen molar-refractivity contribution in [2.75, 3.05) is 0 Å². The Kier molecular flexibility index (Phi) is 4.24. The minimum Gasteiger partial charge on any atom is -0.448 e. The van der Waals surface area contributed by atoms with Gasteiger partial charge in [-0.05, 0) is 36.8 Å². The summed E-state index contributed by atoms with van der Waals surface area (Å²) < 4.78 is 5.31. The predicted octanol–water partition coefficient (Wildman–Crippen LogP) is 3.24. The number of esters is 1. The Bertz CT molecular complexity index is 676. The first kappa shape index (κ1) is 14.8. The smallest absolute Gasteiger partial charge is 0.349 e. The largest absolute Gasteiger partial charge is 0.448 e. The van der Waals surface area contributed by atoms with Gasteiger partial charge in [0.1, 0.15) is 4.88 Å². The number of nitrogens with one attached hydrogen (secondary N) is 1. The quantitative estimate of drug-likeness (QED) is 0.862. The number of rotatable bonds is 5. The van der Waals surface area contributed by atoms with Crippen molar-refractivity contribution in [3.8, 4) is 11.1 Å². The monoisotopic (exact) mass is 315 g/mol. The van der Waals surface area contributed by atoms with Gasteiger partial charge in [0.15, 0.2) is 6.10 Å². The number of carbonyl (C=O) groups excluding carboxylic acids is 2. The van der Waals surface area contributed by atoms with Gasteiger partial charge in [0.25, 0.3) is 5.91 Å². The number of hydrogen-bond acceptors (Lipinski definition) is 4. The van der Waals surface area contributed by atoms with Crippen LogP contribution in [0.5, 0.6) is 0 Å². The van der Waals surface area contributed by atoms with Gasteiger partial charge in [-0.3, -0.25) is 4.79 Å². The number of ether oxygens (including phenoxy) is 1. The van der Waals surface area contributed by atoms with E-state index in [0.29, 0.717) is 4.88 Å². The molecule has 3 rings (SSSR count). The third-order valence-corrected chi connectivity index (χ3v) is 4.41. The summed E-state index contributed by atoms with van der Waals surface area (Å²) in [5, 5.41) is 4.69. The highest BCUT2D eigenvalue weighted by molar-refractivity contribution is 7.12. The lowest BCUT2D eigenvalue weighted by Gasteiger charge is -2.13. The molecule has 1 N–H and O–H groups in total. The van der Waals surface area contributed by atoms with E-state index in [9.17, 15) is 9.59 Å². The molecule has 1 aromatic heterocycles. The minimum absolute atomic E-state index is 0.228. The van der Waals surface area contributed by atoms with Gasteiger partial charge in [-0.1, -0.05) is 30.3 Å². The molecule has 4 nitrogen and oxygen atoms in total. The zero-order valence-electron chi connectivity index (χ0n) is 12.2. The van der Waals surface area contributed by atoms with Gasteiger partial charge < -0.3 is 10.1 Å². The van der Waals surface area contributed by atoms with Crippen molar-refractivity contribution in [2.45, 2.75) is 31.9 Å². The number of amides is 1. The van der Waals surface area contributed by atoms with Gasteiger partial charge in [0, 0.05) is 11.6 Å². The highest BCUT2D eigenvalue weighted by atomic mass is 32.1. The lowest BCUT2D eigenvalue weighted by atomic mass is 10.1. The number of carbonyl (C=O) groups is 2. The third-order valence-electron chi connectivity index (χ3n) is 3.51. The van der Waals surface area contributed by atoms with E-state index in [4.69, 9.17) is 4.74 Å². The van der Waals surface area contributed by atoms with E-state index in [1.165, 1.54) is 11.3 Å². The summed E-state index contributed by atoms with van der Waals surface area (Å²) in [6.45, 7) is 1.60. The Labute approximate surface area is 133 Å². The molecule has 0 unspecified atom stereocenters. The summed E-state index contributed by atoms with van der Waals surface area (Å²) in [5.41, 5.74) is 1.80. The number of hydrogen-bond donors (Lipinski definition) is 1. The summed E-state index contributed by atoms with van der Waals surface area (Å²) >= 11 is 1.33. The van der Waals surface area contributed by atoms with E-state index in [1.807, 2.05) is 41.8 Å². The molecule has 1 heterocycles. The summed E-state index contributed by atoms with van der Waals surface area (Å²) in [7, 11) is 0. The third kappa shape index (κ3) is 3.36. The van der Waals surface area contributed by atoms with Gasteiger partial charge in [-0.2, -0.15) is 0 Å². The fourth-order valence-electron chi connectivity index (χ4n) is 2.13. The molecule has 1 amide bonds. The fourth-order valence-corrected chi connectivity index (χ4v) is 2.92. The summed E-state index contributed by atoms with van der Waals surface area (Å²) in [4.78, 5) is 24.7. The standard InChI is InChI=1S/C17H17NO3S/c1-11(16(19)18-13-7-8-13)21-17(20)15-14(9-10-22-15)12-5-3-2-4-6-12/h2-6,9-11,13H,7-8H2,1H3,(H,18,19)/t11-/m1/s1. The zero-order valence-corrected chi connectivity index (χ0v) is 13.1. The zero-order chi connectivity index (χ0) is 15.5. The molecule has 1 fully saturated rings. The molecule has 0 aliphatic heterocycles. The molecule has 1 saturated carbocycles. The van der Waals surface area contributed by atoms with E-state index < -0.39 is 12.1 Å². The number of benzene rings is 1. The van der Waals surface area contributed by atoms with Crippen LogP contribution in [0.2, 0.25) is 0 Å². The fraction of sp³-hybridized carbons (Fsp3) is 0.294. The molecule has 22 heavy (non-hydrogen) atoms. The summed E-state index contributed by atoms with van der Waals surface area (Å²) in [6, 6.07) is 11.8. The van der Waals surface area contributed by atoms with Crippen LogP contribution in [0.1, 0.15) is 29.4 Å².